The van der Waals surface area contributed by atoms with Gasteiger partial charge in [-0.3, -0.25) is 19.3 Å². The number of carbonyl (C=O) groups excluding carboxylic acids is 3. The van der Waals surface area contributed by atoms with Gasteiger partial charge in [0.25, 0.3) is 5.91 Å². The number of thioether (sulfide) groups is 1. The lowest BCUT2D eigenvalue weighted by Gasteiger charge is -2.49. The Morgan fingerprint density at radius 2 is 2.00 bits per heavy atom. The SMILES string of the molecule is CN(C)c1nnc(C2=C(C(=O)S)N3C(=O)[C@@H](NC(=O)Cc4ccccc4)[C@H]3SC2)s1. The molecule has 1 N–H and O–H groups in total. The van der Waals surface area contributed by atoms with Crippen LogP contribution in [0.4, 0.5) is 5.13 Å². The van der Waals surface area contributed by atoms with Crippen molar-refractivity contribution in [2.24, 2.45) is 0 Å². The number of thiol groups is 1. The lowest BCUT2D eigenvalue weighted by Crippen LogP contribution is -2.70. The van der Waals surface area contributed by atoms with Crippen LogP contribution < -0.4 is 10.2 Å². The Labute approximate surface area is 187 Å². The predicted octanol–water partition coefficient (Wildman–Crippen LogP) is 1.41. The molecule has 8 nitrogen and oxygen atoms in total. The summed E-state index contributed by atoms with van der Waals surface area (Å²) >= 11 is 6.83. The van der Waals surface area contributed by atoms with Crippen LogP contribution in [0.3, 0.4) is 0 Å². The van der Waals surface area contributed by atoms with E-state index in [-0.39, 0.29) is 29.3 Å². The van der Waals surface area contributed by atoms with Crippen molar-refractivity contribution >= 4 is 63.4 Å². The fourth-order valence-corrected chi connectivity index (χ4v) is 5.80. The quantitative estimate of drug-likeness (QED) is 0.496. The van der Waals surface area contributed by atoms with E-state index >= 15 is 0 Å². The lowest BCUT2D eigenvalue weighted by molar-refractivity contribution is -0.146. The highest BCUT2D eigenvalue weighted by molar-refractivity contribution is 8.00. The summed E-state index contributed by atoms with van der Waals surface area (Å²) in [7, 11) is 3.72. The number of nitrogens with one attached hydrogen (secondary N) is 1. The van der Waals surface area contributed by atoms with Gasteiger partial charge >= 0.3 is 0 Å². The second-order valence-electron chi connectivity index (χ2n) is 7.03. The first kappa shape index (κ1) is 20.9. The highest BCUT2D eigenvalue weighted by Crippen LogP contribution is 2.44. The second-order valence-corrected chi connectivity index (χ2v) is 9.50. The molecule has 30 heavy (non-hydrogen) atoms. The molecule has 0 bridgehead atoms. The van der Waals surface area contributed by atoms with Crippen molar-refractivity contribution in [1.82, 2.24) is 20.4 Å². The number of benzene rings is 1. The number of rotatable bonds is 6. The Bertz CT molecular complexity index is 1040. The number of carbonyl (C=O) groups is 3. The average Bonchev–Trinajstić information content (AvgIpc) is 3.22. The molecule has 0 saturated carbocycles. The highest BCUT2D eigenvalue weighted by Gasteiger charge is 2.54. The van der Waals surface area contributed by atoms with Gasteiger partial charge in [0.1, 0.15) is 22.1 Å². The van der Waals surface area contributed by atoms with Gasteiger partial charge < -0.3 is 10.2 Å². The third-order valence-electron chi connectivity index (χ3n) is 4.75. The van der Waals surface area contributed by atoms with Crippen LogP contribution in [0.5, 0.6) is 0 Å². The van der Waals surface area contributed by atoms with E-state index in [2.05, 4.69) is 28.1 Å². The lowest BCUT2D eigenvalue weighted by atomic mass is 10.0. The molecule has 4 rings (SSSR count). The normalized spacial score (nSPS) is 20.5. The molecule has 0 radical (unpaired) electrons. The maximum Gasteiger partial charge on any atom is 0.253 e. The standard InChI is InChI=1S/C19H19N5O3S3/c1-23(2)19-22-21-15(30-19)11-9-29-17-13(16(26)24(17)14(11)18(27)28)20-12(25)8-10-6-4-3-5-7-10/h3-7,13,17H,8-9H2,1-2H3,(H,20,25)(H,27,28)/t13-,17-/m1/s1. The topological polar surface area (TPSA) is 95.5 Å². The maximum atomic E-state index is 12.8. The van der Waals surface area contributed by atoms with E-state index < -0.39 is 11.2 Å². The fraction of sp³-hybridized carbons (Fsp3) is 0.316. The largest absolute Gasteiger partial charge is 0.353 e. The van der Waals surface area contributed by atoms with Crippen molar-refractivity contribution in [3.05, 3.63) is 46.6 Å². The molecule has 1 fully saturated rings. The Morgan fingerprint density at radius 1 is 1.27 bits per heavy atom. The number of amides is 2. The van der Waals surface area contributed by atoms with Crippen LogP contribution in [0.15, 0.2) is 36.0 Å². The zero-order valence-electron chi connectivity index (χ0n) is 16.2. The molecule has 156 valence electrons. The van der Waals surface area contributed by atoms with Crippen molar-refractivity contribution in [1.29, 1.82) is 0 Å². The molecule has 2 aliphatic heterocycles. The van der Waals surface area contributed by atoms with Gasteiger partial charge in [-0.25, -0.2) is 0 Å². The Kier molecular flexibility index (Phi) is 5.85. The van der Waals surface area contributed by atoms with Crippen molar-refractivity contribution in [2.45, 2.75) is 17.8 Å². The summed E-state index contributed by atoms with van der Waals surface area (Å²) in [5.74, 6) is -0.0719. The van der Waals surface area contributed by atoms with E-state index in [9.17, 15) is 14.4 Å². The van der Waals surface area contributed by atoms with Crippen molar-refractivity contribution in [3.63, 3.8) is 0 Å². The van der Waals surface area contributed by atoms with Crippen LogP contribution in [-0.2, 0) is 20.8 Å². The molecule has 0 unspecified atom stereocenters. The molecular formula is C19H19N5O3S3. The van der Waals surface area contributed by atoms with Gasteiger partial charge in [-0.05, 0) is 5.56 Å². The summed E-state index contributed by atoms with van der Waals surface area (Å²) in [5.41, 5.74) is 1.74. The molecule has 2 amide bonds. The zero-order valence-corrected chi connectivity index (χ0v) is 18.8. The molecule has 1 aromatic carbocycles. The second kappa shape index (κ2) is 8.40. The summed E-state index contributed by atoms with van der Waals surface area (Å²) in [6.45, 7) is 0. The van der Waals surface area contributed by atoms with Crippen LogP contribution in [0, 0.1) is 0 Å². The molecule has 1 saturated heterocycles. The van der Waals surface area contributed by atoms with Crippen LogP contribution in [-0.4, -0.2) is 63.3 Å². The first-order chi connectivity index (χ1) is 14.4. The first-order valence-electron chi connectivity index (χ1n) is 9.12. The van der Waals surface area contributed by atoms with Gasteiger partial charge in [0.2, 0.25) is 16.2 Å². The molecule has 3 heterocycles. The molecule has 0 aliphatic carbocycles. The minimum absolute atomic E-state index is 0.194. The van der Waals surface area contributed by atoms with Gasteiger partial charge in [0.15, 0.2) is 0 Å². The number of hydrogen-bond donors (Lipinski definition) is 2. The van der Waals surface area contributed by atoms with E-state index in [1.165, 1.54) is 28.0 Å². The first-order valence-corrected chi connectivity index (χ1v) is 11.4. The molecule has 2 atom stereocenters. The third kappa shape index (κ3) is 3.84. The number of aromatic nitrogens is 2. The molecule has 2 aromatic rings. The summed E-state index contributed by atoms with van der Waals surface area (Å²) in [4.78, 5) is 40.8. The van der Waals surface area contributed by atoms with Crippen molar-refractivity contribution in [3.8, 4) is 0 Å². The number of anilines is 1. The molecule has 2 aliphatic rings. The van der Waals surface area contributed by atoms with Crippen molar-refractivity contribution < 1.29 is 14.4 Å². The number of hydrogen-bond acceptors (Lipinski definition) is 8. The van der Waals surface area contributed by atoms with Gasteiger partial charge in [-0.15, -0.1) is 22.0 Å². The zero-order chi connectivity index (χ0) is 21.4. The third-order valence-corrected chi connectivity index (χ3v) is 7.39. The van der Waals surface area contributed by atoms with Crippen LogP contribution in [0.2, 0.25) is 0 Å². The Morgan fingerprint density at radius 3 is 2.63 bits per heavy atom. The van der Waals surface area contributed by atoms with Crippen LogP contribution in [0.25, 0.3) is 5.57 Å². The van der Waals surface area contributed by atoms with Gasteiger partial charge in [-0.2, -0.15) is 0 Å². The summed E-state index contributed by atoms with van der Waals surface area (Å²) < 4.78 is 0. The Hall–Kier alpha value is -2.37. The van der Waals surface area contributed by atoms with Gasteiger partial charge in [0, 0.05) is 25.4 Å². The molecule has 1 aromatic heterocycles. The minimum atomic E-state index is -0.665. The van der Waals surface area contributed by atoms with E-state index in [1.807, 2.05) is 49.3 Å². The van der Waals surface area contributed by atoms with E-state index in [0.29, 0.717) is 21.5 Å². The smallest absolute Gasteiger partial charge is 0.253 e. The van der Waals surface area contributed by atoms with E-state index in [4.69, 9.17) is 0 Å². The molecule has 0 spiro atoms. The van der Waals surface area contributed by atoms with Crippen LogP contribution >= 0.6 is 35.7 Å². The van der Waals surface area contributed by atoms with Crippen molar-refractivity contribution in [2.75, 3.05) is 24.7 Å². The number of nitrogens with zero attached hydrogens (tertiary/aromatic N) is 4. The van der Waals surface area contributed by atoms with E-state index in [1.54, 1.807) is 0 Å². The summed E-state index contributed by atoms with van der Waals surface area (Å²) in [6.07, 6.45) is 0.194. The van der Waals surface area contributed by atoms with Crippen LogP contribution in [0.1, 0.15) is 10.6 Å². The fourth-order valence-electron chi connectivity index (χ4n) is 3.31. The van der Waals surface area contributed by atoms with Gasteiger partial charge in [0.05, 0.1) is 6.42 Å². The monoisotopic (exact) mass is 461 g/mol. The number of β-lactam (4-membered cyclic amide) rings is 1. The number of fused-ring (bicyclic) bond motifs is 1. The molecular weight excluding hydrogens is 442 g/mol. The van der Waals surface area contributed by atoms with Gasteiger partial charge in [-0.1, -0.05) is 54.3 Å². The maximum absolute atomic E-state index is 12.8. The average molecular weight is 462 g/mol. The summed E-state index contributed by atoms with van der Waals surface area (Å²) in [5, 5.41) is 11.6. The highest BCUT2D eigenvalue weighted by atomic mass is 32.2. The minimum Gasteiger partial charge on any atom is -0.353 e. The van der Waals surface area contributed by atoms with E-state index in [0.717, 1.165) is 5.56 Å². The summed E-state index contributed by atoms with van der Waals surface area (Å²) in [6, 6.07) is 8.67. The molecule has 11 heteroatoms. The predicted molar refractivity (Wildman–Crippen MR) is 120 cm³/mol. The Balaban J connectivity index is 1.53.